The van der Waals surface area contributed by atoms with E-state index in [1.165, 1.54) is 5.56 Å². The van der Waals surface area contributed by atoms with Gasteiger partial charge in [0.1, 0.15) is 0 Å². The molecule has 1 unspecified atom stereocenters. The summed E-state index contributed by atoms with van der Waals surface area (Å²) >= 11 is 5.31. The van der Waals surface area contributed by atoms with E-state index in [0.717, 1.165) is 22.3 Å². The van der Waals surface area contributed by atoms with Crippen LogP contribution in [0.4, 0.5) is 0 Å². The van der Waals surface area contributed by atoms with E-state index < -0.39 is 0 Å². The Labute approximate surface area is 100 Å². The SMILES string of the molecule is COC(C)Cn1c(=S)[nH]c2ccc(C)cc21. The normalized spacial score (nSPS) is 13.2. The first-order valence-electron chi connectivity index (χ1n) is 5.34. The molecule has 0 aliphatic heterocycles. The number of imidazole rings is 1. The van der Waals surface area contributed by atoms with Crippen molar-refractivity contribution in [3.8, 4) is 0 Å². The maximum atomic E-state index is 5.31. The van der Waals surface area contributed by atoms with Gasteiger partial charge >= 0.3 is 0 Å². The average molecular weight is 236 g/mol. The van der Waals surface area contributed by atoms with Crippen LogP contribution in [0.25, 0.3) is 11.0 Å². The van der Waals surface area contributed by atoms with Crippen molar-refractivity contribution < 1.29 is 4.74 Å². The third-order valence-corrected chi connectivity index (χ3v) is 3.10. The van der Waals surface area contributed by atoms with Crippen LogP contribution in [-0.2, 0) is 11.3 Å². The Hall–Kier alpha value is -1.13. The van der Waals surface area contributed by atoms with Crippen molar-refractivity contribution in [2.45, 2.75) is 26.5 Å². The highest BCUT2D eigenvalue weighted by atomic mass is 32.1. The van der Waals surface area contributed by atoms with Crippen LogP contribution >= 0.6 is 12.2 Å². The van der Waals surface area contributed by atoms with Gasteiger partial charge in [0.2, 0.25) is 0 Å². The Morgan fingerprint density at radius 3 is 2.94 bits per heavy atom. The lowest BCUT2D eigenvalue weighted by Gasteiger charge is -2.11. The number of aryl methyl sites for hydroxylation is 1. The number of methoxy groups -OCH3 is 1. The summed E-state index contributed by atoms with van der Waals surface area (Å²) in [7, 11) is 1.72. The molecule has 0 saturated heterocycles. The van der Waals surface area contributed by atoms with Crippen molar-refractivity contribution >= 4 is 23.3 Å². The minimum atomic E-state index is 0.159. The van der Waals surface area contributed by atoms with Crippen molar-refractivity contribution in [2.75, 3.05) is 7.11 Å². The molecule has 0 fully saturated rings. The number of ether oxygens (including phenoxy) is 1. The first kappa shape index (κ1) is 11.4. The van der Waals surface area contributed by atoms with Gasteiger partial charge in [-0.2, -0.15) is 0 Å². The van der Waals surface area contributed by atoms with E-state index in [1.54, 1.807) is 7.11 Å². The van der Waals surface area contributed by atoms with Crippen molar-refractivity contribution in [3.05, 3.63) is 28.5 Å². The molecule has 0 radical (unpaired) electrons. The number of hydrogen-bond donors (Lipinski definition) is 1. The van der Waals surface area contributed by atoms with Gasteiger partial charge in [0.25, 0.3) is 0 Å². The van der Waals surface area contributed by atoms with Crippen LogP contribution < -0.4 is 0 Å². The number of aromatic amines is 1. The number of nitrogens with zero attached hydrogens (tertiary/aromatic N) is 1. The second kappa shape index (κ2) is 4.39. The molecule has 2 aromatic rings. The number of H-pyrrole nitrogens is 1. The van der Waals surface area contributed by atoms with E-state index in [0.29, 0.717) is 0 Å². The van der Waals surface area contributed by atoms with Crippen molar-refractivity contribution in [1.82, 2.24) is 9.55 Å². The predicted octanol–water partition coefficient (Wildman–Crippen LogP) is 3.04. The maximum absolute atomic E-state index is 5.31. The summed E-state index contributed by atoms with van der Waals surface area (Å²) in [6, 6.07) is 6.29. The van der Waals surface area contributed by atoms with Gasteiger partial charge in [0.05, 0.1) is 23.7 Å². The van der Waals surface area contributed by atoms with Crippen LogP contribution in [0, 0.1) is 11.7 Å². The Balaban J connectivity index is 2.54. The summed E-state index contributed by atoms with van der Waals surface area (Å²) in [5, 5.41) is 0. The maximum Gasteiger partial charge on any atom is 0.178 e. The first-order valence-corrected chi connectivity index (χ1v) is 5.74. The van der Waals surface area contributed by atoms with E-state index in [-0.39, 0.29) is 6.10 Å². The first-order chi connectivity index (χ1) is 7.61. The van der Waals surface area contributed by atoms with Crippen molar-refractivity contribution in [1.29, 1.82) is 0 Å². The Bertz CT molecular complexity index is 556. The molecule has 1 aromatic heterocycles. The van der Waals surface area contributed by atoms with Crippen LogP contribution in [0.3, 0.4) is 0 Å². The number of nitrogens with one attached hydrogen (secondary N) is 1. The van der Waals surface area contributed by atoms with E-state index in [4.69, 9.17) is 17.0 Å². The zero-order chi connectivity index (χ0) is 11.7. The summed E-state index contributed by atoms with van der Waals surface area (Å²) in [6.07, 6.45) is 0.159. The van der Waals surface area contributed by atoms with Crippen LogP contribution in [-0.4, -0.2) is 22.8 Å². The number of benzene rings is 1. The van der Waals surface area contributed by atoms with E-state index in [1.807, 2.05) is 6.92 Å². The molecule has 1 atom stereocenters. The Morgan fingerprint density at radius 2 is 2.25 bits per heavy atom. The molecule has 0 saturated carbocycles. The molecule has 0 aliphatic carbocycles. The van der Waals surface area contributed by atoms with Crippen LogP contribution in [0.5, 0.6) is 0 Å². The quantitative estimate of drug-likeness (QED) is 0.830. The second-order valence-corrected chi connectivity index (χ2v) is 4.49. The monoisotopic (exact) mass is 236 g/mol. The molecular formula is C12H16N2OS. The molecule has 1 aromatic carbocycles. The van der Waals surface area contributed by atoms with Gasteiger partial charge in [0, 0.05) is 7.11 Å². The molecular weight excluding hydrogens is 220 g/mol. The minimum absolute atomic E-state index is 0.159. The second-order valence-electron chi connectivity index (χ2n) is 4.11. The van der Waals surface area contributed by atoms with Crippen LogP contribution in [0.15, 0.2) is 18.2 Å². The van der Waals surface area contributed by atoms with Gasteiger partial charge in [-0.3, -0.25) is 0 Å². The highest BCUT2D eigenvalue weighted by molar-refractivity contribution is 7.71. The number of aromatic nitrogens is 2. The third kappa shape index (κ3) is 2.03. The molecule has 0 spiro atoms. The molecule has 3 nitrogen and oxygen atoms in total. The van der Waals surface area contributed by atoms with Gasteiger partial charge in [-0.1, -0.05) is 6.07 Å². The van der Waals surface area contributed by atoms with Gasteiger partial charge < -0.3 is 14.3 Å². The minimum Gasteiger partial charge on any atom is -0.380 e. The average Bonchev–Trinajstić information content (AvgIpc) is 2.55. The zero-order valence-corrected chi connectivity index (χ0v) is 10.6. The van der Waals surface area contributed by atoms with Gasteiger partial charge in [0.15, 0.2) is 4.77 Å². The molecule has 2 rings (SSSR count). The van der Waals surface area contributed by atoms with E-state index in [9.17, 15) is 0 Å². The predicted molar refractivity (Wildman–Crippen MR) is 68.3 cm³/mol. The van der Waals surface area contributed by atoms with Crippen LogP contribution in [0.2, 0.25) is 0 Å². The molecule has 0 aliphatic rings. The lowest BCUT2D eigenvalue weighted by molar-refractivity contribution is 0.104. The van der Waals surface area contributed by atoms with Crippen LogP contribution in [0.1, 0.15) is 12.5 Å². The van der Waals surface area contributed by atoms with Gasteiger partial charge in [-0.05, 0) is 43.8 Å². The summed E-state index contributed by atoms with van der Waals surface area (Å²) < 4.78 is 8.12. The topological polar surface area (TPSA) is 29.9 Å². The number of hydrogen-bond acceptors (Lipinski definition) is 2. The Kier molecular flexibility index (Phi) is 3.12. The molecule has 0 bridgehead atoms. The van der Waals surface area contributed by atoms with Gasteiger partial charge in [-0.25, -0.2) is 0 Å². The fourth-order valence-electron chi connectivity index (χ4n) is 1.78. The summed E-state index contributed by atoms with van der Waals surface area (Å²) in [6.45, 7) is 4.90. The van der Waals surface area contributed by atoms with Gasteiger partial charge in [-0.15, -0.1) is 0 Å². The summed E-state index contributed by atoms with van der Waals surface area (Å²) in [5.41, 5.74) is 3.47. The highest BCUT2D eigenvalue weighted by Gasteiger charge is 2.07. The fourth-order valence-corrected chi connectivity index (χ4v) is 2.06. The lowest BCUT2D eigenvalue weighted by atomic mass is 10.2. The summed E-state index contributed by atoms with van der Waals surface area (Å²) in [4.78, 5) is 3.21. The summed E-state index contributed by atoms with van der Waals surface area (Å²) in [5.74, 6) is 0. The lowest BCUT2D eigenvalue weighted by Crippen LogP contribution is -2.14. The molecule has 1 heterocycles. The smallest absolute Gasteiger partial charge is 0.178 e. The Morgan fingerprint density at radius 1 is 1.50 bits per heavy atom. The molecule has 4 heteroatoms. The van der Waals surface area contributed by atoms with Crippen molar-refractivity contribution in [3.63, 3.8) is 0 Å². The number of fused-ring (bicyclic) bond motifs is 1. The third-order valence-electron chi connectivity index (χ3n) is 2.77. The largest absolute Gasteiger partial charge is 0.380 e. The van der Waals surface area contributed by atoms with Crippen molar-refractivity contribution in [2.24, 2.45) is 0 Å². The highest BCUT2D eigenvalue weighted by Crippen LogP contribution is 2.16. The van der Waals surface area contributed by atoms with E-state index >= 15 is 0 Å². The number of rotatable bonds is 3. The fraction of sp³-hybridized carbons (Fsp3) is 0.417. The molecule has 86 valence electrons. The standard InChI is InChI=1S/C12H16N2OS/c1-8-4-5-10-11(6-8)14(12(16)13-10)7-9(2)15-3/h4-6,9H,7H2,1-3H3,(H,13,16). The molecule has 0 amide bonds. The molecule has 16 heavy (non-hydrogen) atoms. The molecule has 1 N–H and O–H groups in total. The van der Waals surface area contributed by atoms with E-state index in [2.05, 4.69) is 34.7 Å². The zero-order valence-electron chi connectivity index (χ0n) is 9.78.